The van der Waals surface area contributed by atoms with Crippen LogP contribution in [0.15, 0.2) is 0 Å². The summed E-state index contributed by atoms with van der Waals surface area (Å²) >= 11 is 0. The summed E-state index contributed by atoms with van der Waals surface area (Å²) in [6.45, 7) is 3.37. The predicted molar refractivity (Wildman–Crippen MR) is 73.4 cm³/mol. The van der Waals surface area contributed by atoms with Crippen molar-refractivity contribution in [1.82, 2.24) is 9.80 Å². The van der Waals surface area contributed by atoms with E-state index in [1.807, 2.05) is 6.92 Å². The first-order valence-corrected chi connectivity index (χ1v) is 7.47. The molecular weight excluding hydrogens is 260 g/mol. The quantitative estimate of drug-likeness (QED) is 0.756. The molecule has 2 aliphatic rings. The Balaban J connectivity index is 2.07. The molecule has 0 aliphatic carbocycles. The number of aliphatic hydroxyl groups excluding tert-OH is 1. The Morgan fingerprint density at radius 2 is 1.85 bits per heavy atom. The standard InChI is InChI=1S/C14H24N2O4/c1-10-6-8-15(9-12(10)17)14(20)16-7-4-2-3-5-11(16)13(18)19/h10-12,17H,2-9H2,1H3,(H,18,19). The molecule has 2 amide bonds. The van der Waals surface area contributed by atoms with E-state index < -0.39 is 18.1 Å². The summed E-state index contributed by atoms with van der Waals surface area (Å²) in [7, 11) is 0. The van der Waals surface area contributed by atoms with Gasteiger partial charge in [-0.25, -0.2) is 9.59 Å². The summed E-state index contributed by atoms with van der Waals surface area (Å²) < 4.78 is 0. The normalized spacial score (nSPS) is 31.8. The van der Waals surface area contributed by atoms with Crippen LogP contribution in [0.25, 0.3) is 0 Å². The molecule has 20 heavy (non-hydrogen) atoms. The van der Waals surface area contributed by atoms with Gasteiger partial charge in [0.15, 0.2) is 0 Å². The number of β-amino-alcohol motifs (C(OH)–C–C–N with tert-alkyl or cyclic N) is 1. The minimum atomic E-state index is -0.925. The molecule has 3 unspecified atom stereocenters. The number of aliphatic carboxylic acids is 1. The maximum atomic E-state index is 12.6. The average Bonchev–Trinajstić information content (AvgIpc) is 2.66. The number of likely N-dealkylation sites (tertiary alicyclic amines) is 2. The molecule has 0 saturated carbocycles. The zero-order valence-electron chi connectivity index (χ0n) is 12.0. The van der Waals surface area contributed by atoms with Crippen LogP contribution in [0.4, 0.5) is 4.79 Å². The first-order chi connectivity index (χ1) is 9.50. The number of hydrogen-bond acceptors (Lipinski definition) is 3. The molecule has 2 rings (SSSR count). The second-order valence-corrected chi connectivity index (χ2v) is 5.96. The molecule has 2 saturated heterocycles. The van der Waals surface area contributed by atoms with Crippen molar-refractivity contribution in [2.24, 2.45) is 5.92 Å². The lowest BCUT2D eigenvalue weighted by Crippen LogP contribution is -2.55. The molecule has 0 aromatic heterocycles. The first-order valence-electron chi connectivity index (χ1n) is 7.47. The van der Waals surface area contributed by atoms with E-state index in [1.165, 1.54) is 4.90 Å². The van der Waals surface area contributed by atoms with Crippen molar-refractivity contribution < 1.29 is 19.8 Å². The highest BCUT2D eigenvalue weighted by molar-refractivity contribution is 5.82. The molecule has 2 heterocycles. The SMILES string of the molecule is CC1CCN(C(=O)N2CCCCCC2C(=O)O)CC1O. The lowest BCUT2D eigenvalue weighted by molar-refractivity contribution is -0.142. The number of rotatable bonds is 1. The van der Waals surface area contributed by atoms with E-state index in [-0.39, 0.29) is 11.9 Å². The largest absolute Gasteiger partial charge is 0.480 e. The van der Waals surface area contributed by atoms with Crippen LogP contribution in [0.5, 0.6) is 0 Å². The van der Waals surface area contributed by atoms with Crippen molar-refractivity contribution in [3.8, 4) is 0 Å². The van der Waals surface area contributed by atoms with Crippen LogP contribution in [0.2, 0.25) is 0 Å². The number of carbonyl (C=O) groups excluding carboxylic acids is 1. The van der Waals surface area contributed by atoms with Crippen LogP contribution >= 0.6 is 0 Å². The molecule has 0 spiro atoms. The minimum absolute atomic E-state index is 0.193. The molecule has 2 fully saturated rings. The van der Waals surface area contributed by atoms with Gasteiger partial charge in [-0.3, -0.25) is 0 Å². The van der Waals surface area contributed by atoms with Crippen LogP contribution in [0.3, 0.4) is 0 Å². The van der Waals surface area contributed by atoms with Crippen molar-refractivity contribution in [2.45, 2.75) is 51.2 Å². The number of carboxylic acids is 1. The molecule has 0 aromatic rings. The van der Waals surface area contributed by atoms with Crippen LogP contribution in [-0.2, 0) is 4.79 Å². The molecule has 3 atom stereocenters. The number of carboxylic acid groups (broad SMARTS) is 1. The van der Waals surface area contributed by atoms with Crippen LogP contribution in [0.1, 0.15) is 39.0 Å². The maximum absolute atomic E-state index is 12.6. The number of carbonyl (C=O) groups is 2. The third-order valence-electron chi connectivity index (χ3n) is 4.47. The van der Waals surface area contributed by atoms with E-state index in [4.69, 9.17) is 0 Å². The van der Waals surface area contributed by atoms with Gasteiger partial charge in [0.2, 0.25) is 0 Å². The highest BCUT2D eigenvalue weighted by atomic mass is 16.4. The number of hydrogen-bond donors (Lipinski definition) is 2. The zero-order chi connectivity index (χ0) is 14.7. The molecule has 0 aromatic carbocycles. The second-order valence-electron chi connectivity index (χ2n) is 5.96. The Morgan fingerprint density at radius 1 is 1.10 bits per heavy atom. The third kappa shape index (κ3) is 3.23. The lowest BCUT2D eigenvalue weighted by atomic mass is 9.96. The topological polar surface area (TPSA) is 81.1 Å². The lowest BCUT2D eigenvalue weighted by Gasteiger charge is -2.38. The van der Waals surface area contributed by atoms with Crippen LogP contribution in [0, 0.1) is 5.92 Å². The number of urea groups is 1. The molecule has 6 nitrogen and oxygen atoms in total. The fourth-order valence-corrected chi connectivity index (χ4v) is 3.00. The van der Waals surface area contributed by atoms with Gasteiger partial charge in [0.05, 0.1) is 6.10 Å². The maximum Gasteiger partial charge on any atom is 0.326 e. The summed E-state index contributed by atoms with van der Waals surface area (Å²) in [5.74, 6) is -0.732. The highest BCUT2D eigenvalue weighted by Crippen LogP contribution is 2.22. The van der Waals surface area contributed by atoms with E-state index in [0.29, 0.717) is 26.1 Å². The van der Waals surface area contributed by atoms with Crippen LogP contribution < -0.4 is 0 Å². The average molecular weight is 284 g/mol. The second kappa shape index (κ2) is 6.43. The summed E-state index contributed by atoms with van der Waals surface area (Å²) in [5.41, 5.74) is 0. The van der Waals surface area contributed by atoms with Gasteiger partial charge >= 0.3 is 12.0 Å². The summed E-state index contributed by atoms with van der Waals surface area (Å²) in [5, 5.41) is 19.2. The number of aliphatic hydroxyl groups is 1. The van der Waals surface area contributed by atoms with Crippen LogP contribution in [-0.4, -0.2) is 63.8 Å². The predicted octanol–water partition coefficient (Wildman–Crippen LogP) is 1.14. The summed E-state index contributed by atoms with van der Waals surface area (Å²) in [4.78, 5) is 27.0. The Hall–Kier alpha value is -1.30. The fourth-order valence-electron chi connectivity index (χ4n) is 3.00. The molecule has 2 aliphatic heterocycles. The van der Waals surface area contributed by atoms with Gasteiger partial charge < -0.3 is 20.0 Å². The first kappa shape index (κ1) is 15.1. The van der Waals surface area contributed by atoms with Crippen molar-refractivity contribution in [3.63, 3.8) is 0 Å². The van der Waals surface area contributed by atoms with E-state index in [2.05, 4.69) is 0 Å². The Kier molecular flexibility index (Phi) is 4.86. The van der Waals surface area contributed by atoms with Gasteiger partial charge in [0, 0.05) is 19.6 Å². The van der Waals surface area contributed by atoms with E-state index in [9.17, 15) is 19.8 Å². The molecule has 2 N–H and O–H groups in total. The van der Waals surface area contributed by atoms with Gasteiger partial charge in [0.1, 0.15) is 6.04 Å². The Morgan fingerprint density at radius 3 is 2.50 bits per heavy atom. The molecular formula is C14H24N2O4. The molecule has 6 heteroatoms. The monoisotopic (exact) mass is 284 g/mol. The molecule has 0 bridgehead atoms. The van der Waals surface area contributed by atoms with Gasteiger partial charge in [-0.15, -0.1) is 0 Å². The Bertz CT molecular complexity index is 374. The fraction of sp³-hybridized carbons (Fsp3) is 0.857. The zero-order valence-corrected chi connectivity index (χ0v) is 12.0. The molecule has 0 radical (unpaired) electrons. The smallest absolute Gasteiger partial charge is 0.326 e. The number of nitrogens with zero attached hydrogens (tertiary/aromatic N) is 2. The van der Waals surface area contributed by atoms with Crippen molar-refractivity contribution in [3.05, 3.63) is 0 Å². The van der Waals surface area contributed by atoms with Gasteiger partial charge in [-0.1, -0.05) is 19.8 Å². The number of amides is 2. The van der Waals surface area contributed by atoms with Crippen molar-refractivity contribution >= 4 is 12.0 Å². The van der Waals surface area contributed by atoms with E-state index >= 15 is 0 Å². The van der Waals surface area contributed by atoms with E-state index in [0.717, 1.165) is 25.7 Å². The third-order valence-corrected chi connectivity index (χ3v) is 4.47. The van der Waals surface area contributed by atoms with Gasteiger partial charge in [-0.2, -0.15) is 0 Å². The minimum Gasteiger partial charge on any atom is -0.480 e. The van der Waals surface area contributed by atoms with Crippen molar-refractivity contribution in [2.75, 3.05) is 19.6 Å². The van der Waals surface area contributed by atoms with Gasteiger partial charge in [-0.05, 0) is 25.2 Å². The Labute approximate surface area is 119 Å². The molecule has 114 valence electrons. The van der Waals surface area contributed by atoms with E-state index in [1.54, 1.807) is 4.90 Å². The number of piperidine rings is 1. The summed E-state index contributed by atoms with van der Waals surface area (Å²) in [6.07, 6.45) is 3.44. The van der Waals surface area contributed by atoms with Gasteiger partial charge in [0.25, 0.3) is 0 Å². The highest BCUT2D eigenvalue weighted by Gasteiger charge is 2.35. The van der Waals surface area contributed by atoms with Crippen molar-refractivity contribution in [1.29, 1.82) is 0 Å². The summed E-state index contributed by atoms with van der Waals surface area (Å²) in [6, 6.07) is -0.952.